The lowest BCUT2D eigenvalue weighted by molar-refractivity contribution is -0.144. The molecule has 2 amide bonds. The van der Waals surface area contributed by atoms with Crippen LogP contribution in [0.3, 0.4) is 0 Å². The summed E-state index contributed by atoms with van der Waals surface area (Å²) in [7, 11) is 0.906. The van der Waals surface area contributed by atoms with Gasteiger partial charge in [-0.1, -0.05) is 30.3 Å². The van der Waals surface area contributed by atoms with Gasteiger partial charge >= 0.3 is 13.1 Å². The van der Waals surface area contributed by atoms with E-state index in [0.29, 0.717) is 6.61 Å². The Labute approximate surface area is 193 Å². The molecule has 0 bridgehead atoms. The number of hydrogen-bond donors (Lipinski definition) is 2. The third-order valence-electron chi connectivity index (χ3n) is 5.56. The molecule has 2 heterocycles. The monoisotopic (exact) mass is 453 g/mol. The number of rotatable bonds is 7. The number of amides is 2. The highest BCUT2D eigenvalue weighted by Crippen LogP contribution is 2.10. The minimum absolute atomic E-state index is 0.00292. The highest BCUT2D eigenvalue weighted by Gasteiger charge is 2.34. The number of nitrogens with zero attached hydrogens (tertiary/aromatic N) is 3. The van der Waals surface area contributed by atoms with Gasteiger partial charge in [0.05, 0.1) is 12.6 Å². The van der Waals surface area contributed by atoms with Gasteiger partial charge in [0, 0.05) is 31.5 Å². The molecule has 1 aliphatic heterocycles. The molecule has 2 aromatic rings. The number of likely N-dealkylation sites (N-methyl/N-ethyl adjacent to an activating group) is 1. The molecule has 33 heavy (non-hydrogen) atoms. The summed E-state index contributed by atoms with van der Waals surface area (Å²) in [5.41, 5.74) is 0.976. The van der Waals surface area contributed by atoms with Gasteiger partial charge in [0.15, 0.2) is 0 Å². The number of hydrogen-bond acceptors (Lipinski definition) is 8. The maximum absolute atomic E-state index is 13.0. The van der Waals surface area contributed by atoms with Gasteiger partial charge in [-0.2, -0.15) is 0 Å². The lowest BCUT2D eigenvalue weighted by atomic mass is 9.88. The minimum Gasteiger partial charge on any atom is -0.507 e. The van der Waals surface area contributed by atoms with Crippen LogP contribution in [0.1, 0.15) is 29.9 Å². The first-order valence-corrected chi connectivity index (χ1v) is 10.8. The van der Waals surface area contributed by atoms with Gasteiger partial charge in [0.2, 0.25) is 5.91 Å². The molecule has 1 aliphatic rings. The number of aromatic nitrogens is 2. The average molecular weight is 453 g/mol. The molecular formula is C22H28BN5O5. The van der Waals surface area contributed by atoms with Gasteiger partial charge in [-0.15, -0.1) is 0 Å². The van der Waals surface area contributed by atoms with Crippen molar-refractivity contribution in [1.82, 2.24) is 25.5 Å². The number of nitrogens with one attached hydrogen (secondary N) is 2. The van der Waals surface area contributed by atoms with E-state index in [2.05, 4.69) is 20.6 Å². The fraction of sp³-hybridized carbons (Fsp3) is 0.409. The van der Waals surface area contributed by atoms with Crippen LogP contribution in [0.15, 0.2) is 48.9 Å². The summed E-state index contributed by atoms with van der Waals surface area (Å²) in [6.07, 6.45) is 4.42. The summed E-state index contributed by atoms with van der Waals surface area (Å²) in [5, 5.41) is 5.45. The number of benzene rings is 1. The molecule has 0 aliphatic carbocycles. The van der Waals surface area contributed by atoms with Crippen molar-refractivity contribution in [2.45, 2.75) is 38.4 Å². The second-order valence-corrected chi connectivity index (χ2v) is 7.94. The molecule has 1 aromatic heterocycles. The first-order chi connectivity index (χ1) is 15.8. The van der Waals surface area contributed by atoms with Crippen molar-refractivity contribution in [1.29, 1.82) is 0 Å². The van der Waals surface area contributed by atoms with E-state index in [9.17, 15) is 14.4 Å². The first kappa shape index (κ1) is 24.3. The Hall–Kier alpha value is -3.31. The first-order valence-electron chi connectivity index (χ1n) is 10.8. The standard InChI is InChI=1S/C22H28BN5O5/c1-15-13-32-23(33-22(31)16(2)28(15)3)14-26-20(29)18(11-17-7-5-4-6-8-17)27-21(30)19-12-24-9-10-25-19/h4-10,12,15-16,18H,11,13-14H2,1-3H3,(H,26,29)(H,27,30)/t15-,16+,18-/m0/s1. The van der Waals surface area contributed by atoms with E-state index in [1.54, 1.807) is 6.92 Å². The molecule has 0 radical (unpaired) electrons. The molecular weight excluding hydrogens is 425 g/mol. The Bertz CT molecular complexity index is 949. The molecule has 174 valence electrons. The molecule has 11 heteroatoms. The van der Waals surface area contributed by atoms with Gasteiger partial charge in [0.25, 0.3) is 5.91 Å². The molecule has 1 fully saturated rings. The molecule has 3 rings (SSSR count). The van der Waals surface area contributed by atoms with Gasteiger partial charge in [-0.3, -0.25) is 24.3 Å². The summed E-state index contributed by atoms with van der Waals surface area (Å²) in [4.78, 5) is 47.7. The van der Waals surface area contributed by atoms with Crippen LogP contribution in [0.5, 0.6) is 0 Å². The van der Waals surface area contributed by atoms with Gasteiger partial charge in [-0.25, -0.2) is 4.98 Å². The second-order valence-electron chi connectivity index (χ2n) is 7.94. The zero-order chi connectivity index (χ0) is 23.8. The van der Waals surface area contributed by atoms with E-state index >= 15 is 0 Å². The Morgan fingerprint density at radius 3 is 2.70 bits per heavy atom. The number of carbonyl (C=O) groups excluding carboxylic acids is 3. The summed E-state index contributed by atoms with van der Waals surface area (Å²) in [6, 6.07) is 8.02. The molecule has 0 saturated carbocycles. The zero-order valence-corrected chi connectivity index (χ0v) is 18.9. The predicted molar refractivity (Wildman–Crippen MR) is 121 cm³/mol. The van der Waals surface area contributed by atoms with E-state index in [0.717, 1.165) is 5.56 Å². The predicted octanol–water partition coefficient (Wildman–Crippen LogP) is 0.244. The van der Waals surface area contributed by atoms with Gasteiger partial charge in [0.1, 0.15) is 17.8 Å². The van der Waals surface area contributed by atoms with Crippen LogP contribution in [-0.4, -0.2) is 78.0 Å². The zero-order valence-electron chi connectivity index (χ0n) is 18.9. The molecule has 10 nitrogen and oxygen atoms in total. The molecule has 2 N–H and O–H groups in total. The van der Waals surface area contributed by atoms with E-state index in [-0.39, 0.29) is 24.6 Å². The molecule has 1 saturated heterocycles. The normalized spacial score (nSPS) is 20.2. The maximum Gasteiger partial charge on any atom is 0.547 e. The lowest BCUT2D eigenvalue weighted by Gasteiger charge is -2.33. The summed E-state index contributed by atoms with van der Waals surface area (Å²) in [5.74, 6) is -1.38. The van der Waals surface area contributed by atoms with Crippen LogP contribution < -0.4 is 10.6 Å². The lowest BCUT2D eigenvalue weighted by Crippen LogP contribution is -2.54. The Morgan fingerprint density at radius 1 is 1.24 bits per heavy atom. The fourth-order valence-corrected chi connectivity index (χ4v) is 3.29. The van der Waals surface area contributed by atoms with Crippen molar-refractivity contribution in [3.8, 4) is 0 Å². The minimum atomic E-state index is -0.923. The quantitative estimate of drug-likeness (QED) is 0.572. The van der Waals surface area contributed by atoms with Crippen molar-refractivity contribution in [2.24, 2.45) is 0 Å². The Morgan fingerprint density at radius 2 is 2.00 bits per heavy atom. The third-order valence-corrected chi connectivity index (χ3v) is 5.56. The molecule has 1 aromatic carbocycles. The van der Waals surface area contributed by atoms with Crippen LogP contribution in [-0.2, 0) is 25.3 Å². The van der Waals surface area contributed by atoms with E-state index in [1.165, 1.54) is 18.6 Å². The highest BCUT2D eigenvalue weighted by molar-refractivity contribution is 6.47. The van der Waals surface area contributed by atoms with E-state index in [4.69, 9.17) is 9.31 Å². The number of carbonyl (C=O) groups is 3. The maximum atomic E-state index is 13.0. The Balaban J connectivity index is 1.66. The fourth-order valence-electron chi connectivity index (χ4n) is 3.29. The van der Waals surface area contributed by atoms with Crippen molar-refractivity contribution in [2.75, 3.05) is 20.1 Å². The van der Waals surface area contributed by atoms with Crippen LogP contribution in [0.25, 0.3) is 0 Å². The summed E-state index contributed by atoms with van der Waals surface area (Å²) < 4.78 is 11.1. The van der Waals surface area contributed by atoms with Crippen molar-refractivity contribution in [3.63, 3.8) is 0 Å². The molecule has 0 spiro atoms. The average Bonchev–Trinajstić information content (AvgIpc) is 2.84. The van der Waals surface area contributed by atoms with Crippen molar-refractivity contribution < 1.29 is 23.7 Å². The topological polar surface area (TPSA) is 123 Å². The third kappa shape index (κ3) is 6.84. The van der Waals surface area contributed by atoms with Crippen molar-refractivity contribution in [3.05, 3.63) is 60.2 Å². The van der Waals surface area contributed by atoms with Crippen LogP contribution in [0.2, 0.25) is 0 Å². The van der Waals surface area contributed by atoms with Crippen LogP contribution >= 0.6 is 0 Å². The van der Waals surface area contributed by atoms with Gasteiger partial charge < -0.3 is 19.9 Å². The SMILES string of the molecule is C[C@@H]1C(=O)OB(CNC(=O)[C@H](Cc2ccccc2)NC(=O)c2cnccn2)OC[C@H](C)N1C. The highest BCUT2D eigenvalue weighted by atomic mass is 16.6. The van der Waals surface area contributed by atoms with E-state index in [1.807, 2.05) is 49.2 Å². The largest absolute Gasteiger partial charge is 0.547 e. The summed E-state index contributed by atoms with van der Waals surface area (Å²) in [6.45, 7) is 4.05. The van der Waals surface area contributed by atoms with Crippen molar-refractivity contribution >= 4 is 24.9 Å². The van der Waals surface area contributed by atoms with E-state index < -0.39 is 37.0 Å². The smallest absolute Gasteiger partial charge is 0.507 e. The summed E-state index contributed by atoms with van der Waals surface area (Å²) >= 11 is 0. The molecule has 0 unspecified atom stereocenters. The van der Waals surface area contributed by atoms with Crippen LogP contribution in [0.4, 0.5) is 0 Å². The molecule has 3 atom stereocenters. The van der Waals surface area contributed by atoms with Gasteiger partial charge in [-0.05, 0) is 26.5 Å². The van der Waals surface area contributed by atoms with Crippen LogP contribution in [0, 0.1) is 0 Å². The Kier molecular flexibility index (Phi) is 8.50. The second kappa shape index (κ2) is 11.5.